The van der Waals surface area contributed by atoms with Gasteiger partial charge in [-0.1, -0.05) is 6.07 Å². The van der Waals surface area contributed by atoms with Gasteiger partial charge in [-0.05, 0) is 11.4 Å². The predicted octanol–water partition coefficient (Wildman–Crippen LogP) is 2.55. The summed E-state index contributed by atoms with van der Waals surface area (Å²) in [6, 6.07) is 3.74. The highest BCUT2D eigenvalue weighted by molar-refractivity contribution is 7.12. The van der Waals surface area contributed by atoms with Crippen LogP contribution in [0.15, 0.2) is 17.5 Å². The minimum atomic E-state index is 0.213. The molecule has 1 nitrogen and oxygen atoms in total. The Kier molecular flexibility index (Phi) is 2.51. The zero-order chi connectivity index (χ0) is 7.40. The third-order valence-electron chi connectivity index (χ3n) is 1.20. The van der Waals surface area contributed by atoms with Crippen molar-refractivity contribution < 1.29 is 4.79 Å². The van der Waals surface area contributed by atoms with Crippen molar-refractivity contribution in [3.8, 4) is 0 Å². The Morgan fingerprint density at radius 3 is 3.00 bits per heavy atom. The van der Waals surface area contributed by atoms with Crippen LogP contribution in [-0.2, 0) is 0 Å². The number of Topliss-reactive ketones (excluding diaryl/α,β-unsaturated/α-hetero) is 1. The molecule has 0 aliphatic heterocycles. The Bertz CT molecular complexity index is 201. The normalized spacial score (nSPS) is 9.60. The fourth-order valence-electron chi connectivity index (χ4n) is 0.721. The molecule has 1 heterocycles. The molecule has 0 unspecified atom stereocenters. The number of hydrogen-bond acceptors (Lipinski definition) is 2. The zero-order valence-corrected chi connectivity index (χ0v) is 6.49. The van der Waals surface area contributed by atoms with Gasteiger partial charge in [0.05, 0.1) is 24.6 Å². The van der Waals surface area contributed by atoms with Crippen LogP contribution in [0.5, 0.6) is 0 Å². The molecule has 0 aliphatic carbocycles. The second-order valence-corrected chi connectivity index (χ2v) is 2.95. The minimum Gasteiger partial charge on any atom is -0.293 e. The molecule has 0 atom stereocenters. The molecule has 1 aromatic rings. The second-order valence-electron chi connectivity index (χ2n) is 2.00. The van der Waals surface area contributed by atoms with Gasteiger partial charge in [-0.3, -0.25) is 4.79 Å². The topological polar surface area (TPSA) is 17.1 Å². The Morgan fingerprint density at radius 2 is 2.50 bits per heavy atom. The van der Waals surface area contributed by atoms with E-state index in [-0.39, 0.29) is 5.78 Å². The summed E-state index contributed by atoms with van der Waals surface area (Å²) in [4.78, 5) is 11.9. The summed E-state index contributed by atoms with van der Waals surface area (Å²) in [6.07, 6.45) is 1.26. The molecular weight excluding hydrogens is 144 g/mol. The molecule has 0 N–H and O–H groups in total. The Morgan fingerprint density at radius 1 is 1.70 bits per heavy atom. The average Bonchev–Trinajstić information content (AvgIpc) is 2.38. The van der Waals surface area contributed by atoms with Crippen molar-refractivity contribution in [1.82, 2.24) is 0 Å². The van der Waals surface area contributed by atoms with Crippen molar-refractivity contribution in [2.75, 3.05) is 0 Å². The molecule has 1 rings (SSSR count). The summed E-state index contributed by atoms with van der Waals surface area (Å²) in [6.45, 7) is 3.62. The first-order chi connectivity index (χ1) is 4.84. The molecular formula is C8H9OS+. The van der Waals surface area contributed by atoms with E-state index >= 15 is 0 Å². The quantitative estimate of drug-likeness (QED) is 0.481. The molecule has 1 aromatic heterocycles. The Hall–Kier alpha value is -0.760. The average molecular weight is 153 g/mol. The number of hydrogen-bond donors (Lipinski definition) is 0. The van der Waals surface area contributed by atoms with Crippen LogP contribution >= 0.6 is 11.3 Å². The monoisotopic (exact) mass is 153 g/mol. The standard InChI is InChI=1S/C8H9OS/c1-2-4-7(9)8-5-3-6-10-8/h3,5-6H,1-2,4H2/q+1. The molecule has 0 bridgehead atoms. The lowest BCUT2D eigenvalue weighted by Crippen LogP contribution is -1.93. The van der Waals surface area contributed by atoms with Gasteiger partial charge in [0.1, 0.15) is 0 Å². The van der Waals surface area contributed by atoms with E-state index in [1.807, 2.05) is 17.5 Å². The fraction of sp³-hybridized carbons (Fsp3) is 0.250. The van der Waals surface area contributed by atoms with Crippen LogP contribution < -0.4 is 0 Å². The van der Waals surface area contributed by atoms with Gasteiger partial charge < -0.3 is 0 Å². The van der Waals surface area contributed by atoms with Gasteiger partial charge in [0.2, 0.25) is 0 Å². The molecule has 0 radical (unpaired) electrons. The third-order valence-corrected chi connectivity index (χ3v) is 2.11. The van der Waals surface area contributed by atoms with Crippen LogP contribution in [0.4, 0.5) is 0 Å². The molecule has 0 spiro atoms. The van der Waals surface area contributed by atoms with Gasteiger partial charge in [-0.2, -0.15) is 0 Å². The highest BCUT2D eigenvalue weighted by Crippen LogP contribution is 2.11. The lowest BCUT2D eigenvalue weighted by atomic mass is 10.2. The highest BCUT2D eigenvalue weighted by atomic mass is 32.1. The minimum absolute atomic E-state index is 0.213. The lowest BCUT2D eigenvalue weighted by Gasteiger charge is -1.87. The van der Waals surface area contributed by atoms with E-state index in [0.29, 0.717) is 12.8 Å². The summed E-state index contributed by atoms with van der Waals surface area (Å²) in [5.74, 6) is 0.213. The van der Waals surface area contributed by atoms with Gasteiger partial charge in [0.15, 0.2) is 5.78 Å². The first-order valence-corrected chi connectivity index (χ1v) is 4.08. The molecule has 52 valence electrons. The molecule has 0 amide bonds. The van der Waals surface area contributed by atoms with Gasteiger partial charge in [0.25, 0.3) is 0 Å². The van der Waals surface area contributed by atoms with Gasteiger partial charge in [-0.25, -0.2) is 0 Å². The van der Waals surface area contributed by atoms with E-state index in [9.17, 15) is 4.79 Å². The van der Waals surface area contributed by atoms with E-state index in [4.69, 9.17) is 0 Å². The summed E-state index contributed by atoms with van der Waals surface area (Å²) in [5.41, 5.74) is 0. The molecule has 0 fully saturated rings. The molecule has 0 aliphatic rings. The maximum absolute atomic E-state index is 11.1. The smallest absolute Gasteiger partial charge is 0.177 e. The molecule has 0 saturated carbocycles. The number of ketones is 1. The fourth-order valence-corrected chi connectivity index (χ4v) is 1.42. The number of rotatable bonds is 3. The molecule has 0 saturated heterocycles. The van der Waals surface area contributed by atoms with Crippen LogP contribution in [0.2, 0.25) is 0 Å². The summed E-state index contributed by atoms with van der Waals surface area (Å²) in [5, 5.41) is 1.91. The first kappa shape index (κ1) is 7.35. The van der Waals surface area contributed by atoms with E-state index in [0.717, 1.165) is 4.88 Å². The Balaban J connectivity index is 2.59. The van der Waals surface area contributed by atoms with E-state index in [2.05, 4.69) is 6.92 Å². The maximum atomic E-state index is 11.1. The van der Waals surface area contributed by atoms with Crippen molar-refractivity contribution in [1.29, 1.82) is 0 Å². The lowest BCUT2D eigenvalue weighted by molar-refractivity contribution is 0.0987. The summed E-state index contributed by atoms with van der Waals surface area (Å²) in [7, 11) is 0. The zero-order valence-electron chi connectivity index (χ0n) is 5.67. The number of thiophene rings is 1. The van der Waals surface area contributed by atoms with Crippen LogP contribution in [0.25, 0.3) is 0 Å². The van der Waals surface area contributed by atoms with Crippen molar-refractivity contribution in [3.05, 3.63) is 29.3 Å². The highest BCUT2D eigenvalue weighted by Gasteiger charge is 2.05. The van der Waals surface area contributed by atoms with E-state index < -0.39 is 0 Å². The van der Waals surface area contributed by atoms with Crippen molar-refractivity contribution in [2.24, 2.45) is 0 Å². The maximum Gasteiger partial charge on any atom is 0.177 e. The van der Waals surface area contributed by atoms with Gasteiger partial charge in [0, 0.05) is 0 Å². The molecule has 10 heavy (non-hydrogen) atoms. The van der Waals surface area contributed by atoms with E-state index in [1.54, 1.807) is 0 Å². The number of carbonyl (C=O) groups excluding carboxylic acids is 1. The van der Waals surface area contributed by atoms with Crippen molar-refractivity contribution in [3.63, 3.8) is 0 Å². The molecule has 2 heteroatoms. The largest absolute Gasteiger partial charge is 0.293 e. The summed E-state index contributed by atoms with van der Waals surface area (Å²) >= 11 is 1.49. The second kappa shape index (κ2) is 3.42. The molecule has 0 aromatic carbocycles. The van der Waals surface area contributed by atoms with Gasteiger partial charge >= 0.3 is 0 Å². The van der Waals surface area contributed by atoms with Crippen LogP contribution in [0.1, 0.15) is 22.5 Å². The third kappa shape index (κ3) is 1.61. The van der Waals surface area contributed by atoms with Gasteiger partial charge in [-0.15, -0.1) is 11.3 Å². The summed E-state index contributed by atoms with van der Waals surface area (Å²) < 4.78 is 0. The van der Waals surface area contributed by atoms with Crippen LogP contribution in [0.3, 0.4) is 0 Å². The number of carbonyl (C=O) groups is 1. The van der Waals surface area contributed by atoms with Crippen LogP contribution in [-0.4, -0.2) is 5.78 Å². The predicted molar refractivity (Wildman–Crippen MR) is 43.2 cm³/mol. The van der Waals surface area contributed by atoms with Crippen LogP contribution in [0, 0.1) is 6.92 Å². The SMILES string of the molecule is [CH2+]CCC(=O)c1cccs1. The van der Waals surface area contributed by atoms with E-state index in [1.165, 1.54) is 11.3 Å². The van der Waals surface area contributed by atoms with Crippen molar-refractivity contribution >= 4 is 17.1 Å². The Labute approximate surface area is 64.7 Å². The van der Waals surface area contributed by atoms with Crippen molar-refractivity contribution in [2.45, 2.75) is 12.8 Å². The first-order valence-electron chi connectivity index (χ1n) is 3.20.